The Morgan fingerprint density at radius 2 is 1.89 bits per heavy atom. The average Bonchev–Trinajstić information content (AvgIpc) is 3.13. The van der Waals surface area contributed by atoms with Gasteiger partial charge in [-0.15, -0.1) is 0 Å². The lowest BCUT2D eigenvalue weighted by atomic mass is 10.0. The van der Waals surface area contributed by atoms with Crippen LogP contribution in [0, 0.1) is 5.82 Å². The van der Waals surface area contributed by atoms with Crippen LogP contribution in [0.1, 0.15) is 11.1 Å². The van der Waals surface area contributed by atoms with Gasteiger partial charge in [0, 0.05) is 30.4 Å². The summed E-state index contributed by atoms with van der Waals surface area (Å²) < 4.78 is 24.5. The van der Waals surface area contributed by atoms with Crippen LogP contribution in [0.4, 0.5) is 10.2 Å². The Hall–Kier alpha value is -3.74. The van der Waals surface area contributed by atoms with Crippen molar-refractivity contribution in [2.45, 2.75) is 6.42 Å². The number of halogens is 1. The quantitative estimate of drug-likeness (QED) is 0.571. The van der Waals surface area contributed by atoms with Gasteiger partial charge in [0.25, 0.3) is 0 Å². The molecule has 3 heterocycles. The number of benzene rings is 1. The summed E-state index contributed by atoms with van der Waals surface area (Å²) in [6, 6.07) is 13.3. The Bertz CT molecular complexity index is 1060. The molecule has 7 heteroatoms. The lowest BCUT2D eigenvalue weighted by Crippen LogP contribution is -1.96. The van der Waals surface area contributed by atoms with Crippen LogP contribution >= 0.6 is 0 Å². The van der Waals surface area contributed by atoms with Crippen LogP contribution in [-0.2, 0) is 6.42 Å². The lowest BCUT2D eigenvalue weighted by molar-refractivity contribution is 0.427. The molecule has 27 heavy (non-hydrogen) atoms. The summed E-state index contributed by atoms with van der Waals surface area (Å²) in [6.07, 6.45) is 5.47. The minimum absolute atomic E-state index is 0.131. The van der Waals surface area contributed by atoms with Gasteiger partial charge in [0.1, 0.15) is 5.82 Å². The number of hydrogen-bond donors (Lipinski definition) is 1. The van der Waals surface area contributed by atoms with Gasteiger partial charge < -0.3 is 15.0 Å². The molecule has 134 valence electrons. The van der Waals surface area contributed by atoms with E-state index in [1.54, 1.807) is 48.9 Å². The standard InChI is InChI=1S/C20H15FN4O2/c21-16-5-1-2-6-17(16)26-18-8-7-13(11-24-18)10-14-12-25-27-19(14)15-4-3-9-23-20(15)22/h1-9,11-12H,10H2,(H2,22,23). The van der Waals surface area contributed by atoms with Gasteiger partial charge in [-0.05, 0) is 29.8 Å². The fourth-order valence-electron chi connectivity index (χ4n) is 2.65. The highest BCUT2D eigenvalue weighted by Gasteiger charge is 2.15. The molecule has 0 amide bonds. The van der Waals surface area contributed by atoms with Crippen molar-refractivity contribution in [3.8, 4) is 23.0 Å². The van der Waals surface area contributed by atoms with Crippen LogP contribution < -0.4 is 10.5 Å². The first-order valence-corrected chi connectivity index (χ1v) is 8.22. The molecule has 0 saturated carbocycles. The minimum atomic E-state index is -0.438. The lowest BCUT2D eigenvalue weighted by Gasteiger charge is -2.07. The van der Waals surface area contributed by atoms with Gasteiger partial charge in [-0.1, -0.05) is 23.4 Å². The Balaban J connectivity index is 1.53. The molecule has 3 aromatic heterocycles. The zero-order chi connectivity index (χ0) is 18.6. The van der Waals surface area contributed by atoms with E-state index >= 15 is 0 Å². The van der Waals surface area contributed by atoms with Gasteiger partial charge in [-0.2, -0.15) is 0 Å². The van der Waals surface area contributed by atoms with E-state index in [0.29, 0.717) is 29.4 Å². The predicted molar refractivity (Wildman–Crippen MR) is 97.7 cm³/mol. The molecule has 0 aliphatic carbocycles. The maximum atomic E-state index is 13.7. The van der Waals surface area contributed by atoms with Gasteiger partial charge >= 0.3 is 0 Å². The molecular weight excluding hydrogens is 347 g/mol. The topological polar surface area (TPSA) is 87.1 Å². The van der Waals surface area contributed by atoms with E-state index in [1.807, 2.05) is 12.1 Å². The Labute approximate surface area is 154 Å². The number of nitrogens with two attached hydrogens (primary N) is 1. The zero-order valence-corrected chi connectivity index (χ0v) is 14.2. The molecule has 0 fully saturated rings. The van der Waals surface area contributed by atoms with Crippen LogP contribution in [0.5, 0.6) is 11.6 Å². The van der Waals surface area contributed by atoms with Crippen molar-refractivity contribution in [1.29, 1.82) is 0 Å². The van der Waals surface area contributed by atoms with E-state index in [-0.39, 0.29) is 5.75 Å². The molecule has 0 saturated heterocycles. The minimum Gasteiger partial charge on any atom is -0.436 e. The van der Waals surface area contributed by atoms with Crippen molar-refractivity contribution < 1.29 is 13.7 Å². The fourth-order valence-corrected chi connectivity index (χ4v) is 2.65. The van der Waals surface area contributed by atoms with E-state index in [2.05, 4.69) is 15.1 Å². The van der Waals surface area contributed by atoms with Crippen molar-refractivity contribution in [1.82, 2.24) is 15.1 Å². The van der Waals surface area contributed by atoms with Crippen LogP contribution in [0.2, 0.25) is 0 Å². The average molecular weight is 362 g/mol. The number of aromatic nitrogens is 3. The van der Waals surface area contributed by atoms with Crippen LogP contribution in [0.25, 0.3) is 11.3 Å². The summed E-state index contributed by atoms with van der Waals surface area (Å²) in [6.45, 7) is 0. The number of para-hydroxylation sites is 1. The van der Waals surface area contributed by atoms with Gasteiger partial charge in [-0.25, -0.2) is 14.4 Å². The number of anilines is 1. The first-order valence-electron chi connectivity index (χ1n) is 8.22. The highest BCUT2D eigenvalue weighted by molar-refractivity contribution is 5.71. The molecule has 1 aromatic carbocycles. The van der Waals surface area contributed by atoms with E-state index in [9.17, 15) is 4.39 Å². The molecule has 0 spiro atoms. The largest absolute Gasteiger partial charge is 0.436 e. The number of nitrogen functional groups attached to an aromatic ring is 1. The monoisotopic (exact) mass is 362 g/mol. The number of pyridine rings is 2. The van der Waals surface area contributed by atoms with E-state index in [4.69, 9.17) is 15.0 Å². The molecule has 0 aliphatic heterocycles. The van der Waals surface area contributed by atoms with Crippen LogP contribution in [0.3, 0.4) is 0 Å². The molecule has 0 atom stereocenters. The smallest absolute Gasteiger partial charge is 0.219 e. The Morgan fingerprint density at radius 3 is 2.67 bits per heavy atom. The van der Waals surface area contributed by atoms with Crippen molar-refractivity contribution in [2.75, 3.05) is 5.73 Å². The van der Waals surface area contributed by atoms with Gasteiger partial charge in [-0.3, -0.25) is 0 Å². The molecular formula is C20H15FN4O2. The summed E-state index contributed by atoms with van der Waals surface area (Å²) in [7, 11) is 0. The fraction of sp³-hybridized carbons (Fsp3) is 0.0500. The van der Waals surface area contributed by atoms with Crippen molar-refractivity contribution >= 4 is 5.82 Å². The van der Waals surface area contributed by atoms with E-state index in [1.165, 1.54) is 6.07 Å². The third kappa shape index (κ3) is 3.62. The second kappa shape index (κ2) is 7.25. The van der Waals surface area contributed by atoms with Crippen molar-refractivity contribution in [3.63, 3.8) is 0 Å². The second-order valence-corrected chi connectivity index (χ2v) is 5.83. The molecule has 0 aliphatic rings. The highest BCUT2D eigenvalue weighted by Crippen LogP contribution is 2.29. The molecule has 4 aromatic rings. The third-order valence-electron chi connectivity index (χ3n) is 3.97. The first-order chi connectivity index (χ1) is 13.2. The van der Waals surface area contributed by atoms with Crippen LogP contribution in [-0.4, -0.2) is 15.1 Å². The third-order valence-corrected chi connectivity index (χ3v) is 3.97. The summed E-state index contributed by atoms with van der Waals surface area (Å²) in [5.41, 5.74) is 8.39. The van der Waals surface area contributed by atoms with Crippen molar-refractivity contribution in [2.24, 2.45) is 0 Å². The van der Waals surface area contributed by atoms with Gasteiger partial charge in [0.05, 0.1) is 11.8 Å². The maximum Gasteiger partial charge on any atom is 0.219 e. The number of hydrogen-bond acceptors (Lipinski definition) is 6. The normalized spacial score (nSPS) is 10.7. The second-order valence-electron chi connectivity index (χ2n) is 5.83. The molecule has 6 nitrogen and oxygen atoms in total. The Morgan fingerprint density at radius 1 is 1.00 bits per heavy atom. The summed E-state index contributed by atoms with van der Waals surface area (Å²) in [5.74, 6) is 0.957. The van der Waals surface area contributed by atoms with Gasteiger partial charge in [0.2, 0.25) is 5.88 Å². The van der Waals surface area contributed by atoms with Crippen LogP contribution in [0.15, 0.2) is 71.6 Å². The zero-order valence-electron chi connectivity index (χ0n) is 14.2. The summed E-state index contributed by atoms with van der Waals surface area (Å²) in [5, 5.41) is 3.87. The van der Waals surface area contributed by atoms with E-state index < -0.39 is 5.82 Å². The first kappa shape index (κ1) is 16.7. The molecule has 0 radical (unpaired) electrons. The Kier molecular flexibility index (Phi) is 4.49. The number of nitrogens with zero attached hydrogens (tertiary/aromatic N) is 3. The molecule has 0 unspecified atom stereocenters. The number of ether oxygens (including phenoxy) is 1. The van der Waals surface area contributed by atoms with Gasteiger partial charge in [0.15, 0.2) is 17.3 Å². The molecule has 0 bridgehead atoms. The predicted octanol–water partition coefficient (Wildman–Crippen LogP) is 4.24. The molecule has 2 N–H and O–H groups in total. The van der Waals surface area contributed by atoms with E-state index in [0.717, 1.165) is 11.1 Å². The summed E-state index contributed by atoms with van der Waals surface area (Å²) >= 11 is 0. The molecule has 4 rings (SSSR count). The van der Waals surface area contributed by atoms with Crippen molar-refractivity contribution in [3.05, 3.63) is 84.1 Å². The maximum absolute atomic E-state index is 13.7. The highest BCUT2D eigenvalue weighted by atomic mass is 19.1. The SMILES string of the molecule is Nc1ncccc1-c1oncc1Cc1ccc(Oc2ccccc2F)nc1. The number of rotatable bonds is 5. The summed E-state index contributed by atoms with van der Waals surface area (Å²) in [4.78, 5) is 8.31.